The Morgan fingerprint density at radius 2 is 1.85 bits per heavy atom. The average Bonchev–Trinajstić information content (AvgIpc) is 3.27. The van der Waals surface area contributed by atoms with E-state index in [0.29, 0.717) is 42.6 Å². The number of carbonyl (C=O) groups is 2. The lowest BCUT2D eigenvalue weighted by Crippen LogP contribution is -2.40. The van der Waals surface area contributed by atoms with Crippen LogP contribution in [0.25, 0.3) is 0 Å². The van der Waals surface area contributed by atoms with E-state index in [1.165, 1.54) is 34.7 Å². The zero-order valence-corrected chi connectivity index (χ0v) is 20.7. The van der Waals surface area contributed by atoms with Crippen LogP contribution in [0.2, 0.25) is 0 Å². The molecule has 0 atom stereocenters. The number of hydrogen-bond donors (Lipinski definition) is 0. The molecule has 0 aliphatic carbocycles. The summed E-state index contributed by atoms with van der Waals surface area (Å²) >= 11 is 1.32. The summed E-state index contributed by atoms with van der Waals surface area (Å²) in [6.07, 6.45) is 0.788. The number of sulfonamides is 1. The molecule has 11 heteroatoms. The molecule has 1 aromatic heterocycles. The predicted octanol–water partition coefficient (Wildman–Crippen LogP) is 3.06. The van der Waals surface area contributed by atoms with E-state index in [1.54, 1.807) is 22.4 Å². The smallest absolute Gasteiger partial charge is 0.309 e. The van der Waals surface area contributed by atoms with E-state index in [9.17, 15) is 18.0 Å². The Labute approximate surface area is 198 Å². The van der Waals surface area contributed by atoms with Gasteiger partial charge in [-0.15, -0.1) is 11.3 Å². The minimum Gasteiger partial charge on any atom is -0.494 e. The van der Waals surface area contributed by atoms with E-state index in [0.717, 1.165) is 0 Å². The van der Waals surface area contributed by atoms with Gasteiger partial charge in [-0.2, -0.15) is 4.31 Å². The SMILES string of the molecule is CCOc1ccc(S(=O)(=O)N2CCC(C(=O)OCc3csc(N(CC)C(C)=O)n3)CC2)cc1. The third kappa shape index (κ3) is 6.10. The summed E-state index contributed by atoms with van der Waals surface area (Å²) in [6, 6.07) is 6.35. The molecule has 1 aliphatic rings. The van der Waals surface area contributed by atoms with Crippen LogP contribution < -0.4 is 9.64 Å². The van der Waals surface area contributed by atoms with Crippen molar-refractivity contribution in [2.75, 3.05) is 31.1 Å². The maximum absolute atomic E-state index is 12.9. The van der Waals surface area contributed by atoms with E-state index in [1.807, 2.05) is 13.8 Å². The topological polar surface area (TPSA) is 106 Å². The van der Waals surface area contributed by atoms with Gasteiger partial charge in [0, 0.05) is 31.9 Å². The van der Waals surface area contributed by atoms with Crippen LogP contribution in [-0.4, -0.2) is 55.8 Å². The van der Waals surface area contributed by atoms with E-state index in [2.05, 4.69) is 4.98 Å². The molecular formula is C22H29N3O6S2. The summed E-state index contributed by atoms with van der Waals surface area (Å²) in [5.74, 6) is -0.197. The van der Waals surface area contributed by atoms with Crippen molar-refractivity contribution in [1.82, 2.24) is 9.29 Å². The molecule has 1 aromatic carbocycles. The molecule has 9 nitrogen and oxygen atoms in total. The number of anilines is 1. The van der Waals surface area contributed by atoms with Crippen LogP contribution in [0, 0.1) is 5.92 Å². The highest BCUT2D eigenvalue weighted by molar-refractivity contribution is 7.89. The van der Waals surface area contributed by atoms with Crippen LogP contribution >= 0.6 is 11.3 Å². The van der Waals surface area contributed by atoms with Gasteiger partial charge in [0.1, 0.15) is 12.4 Å². The number of aromatic nitrogens is 1. The number of rotatable bonds is 9. The van der Waals surface area contributed by atoms with E-state index >= 15 is 0 Å². The Bertz CT molecular complexity index is 1060. The zero-order chi connectivity index (χ0) is 24.0. The predicted molar refractivity (Wildman–Crippen MR) is 125 cm³/mol. The second kappa shape index (κ2) is 11.1. The number of amides is 1. The van der Waals surface area contributed by atoms with Crippen molar-refractivity contribution in [3.05, 3.63) is 35.3 Å². The Balaban J connectivity index is 1.51. The van der Waals surface area contributed by atoms with Gasteiger partial charge in [-0.1, -0.05) is 0 Å². The van der Waals surface area contributed by atoms with Gasteiger partial charge in [0.05, 0.1) is 23.1 Å². The molecule has 0 N–H and O–H groups in total. The van der Waals surface area contributed by atoms with Gasteiger partial charge in [-0.3, -0.25) is 14.5 Å². The van der Waals surface area contributed by atoms with Gasteiger partial charge in [0.15, 0.2) is 5.13 Å². The number of nitrogens with zero attached hydrogens (tertiary/aromatic N) is 3. The molecule has 2 heterocycles. The first-order chi connectivity index (χ1) is 15.8. The fraction of sp³-hybridized carbons (Fsp3) is 0.500. The summed E-state index contributed by atoms with van der Waals surface area (Å²) in [4.78, 5) is 30.3. The largest absolute Gasteiger partial charge is 0.494 e. The maximum Gasteiger partial charge on any atom is 0.309 e. The summed E-state index contributed by atoms with van der Waals surface area (Å²) in [5.41, 5.74) is 0.582. The van der Waals surface area contributed by atoms with Gasteiger partial charge in [-0.25, -0.2) is 13.4 Å². The molecule has 180 valence electrons. The number of benzene rings is 1. The van der Waals surface area contributed by atoms with Crippen LogP contribution in [0.3, 0.4) is 0 Å². The standard InChI is InChI=1S/C22H29N3O6S2/c1-4-25(16(3)26)22-23-18(15-32-22)14-31-21(27)17-10-12-24(13-11-17)33(28,29)20-8-6-19(7-9-20)30-5-2/h6-9,15,17H,4-5,10-14H2,1-3H3. The molecule has 33 heavy (non-hydrogen) atoms. The highest BCUT2D eigenvalue weighted by atomic mass is 32.2. The molecule has 0 unspecified atom stereocenters. The molecule has 1 saturated heterocycles. The minimum atomic E-state index is -3.63. The molecule has 2 aromatic rings. The molecular weight excluding hydrogens is 466 g/mol. The molecule has 0 saturated carbocycles. The monoisotopic (exact) mass is 495 g/mol. The zero-order valence-electron chi connectivity index (χ0n) is 19.0. The molecule has 1 fully saturated rings. The van der Waals surface area contributed by atoms with Gasteiger partial charge in [0.25, 0.3) is 0 Å². The van der Waals surface area contributed by atoms with Crippen LogP contribution in [0.5, 0.6) is 5.75 Å². The third-order valence-electron chi connectivity index (χ3n) is 5.39. The van der Waals surface area contributed by atoms with E-state index in [4.69, 9.17) is 9.47 Å². The quantitative estimate of drug-likeness (QED) is 0.492. The molecule has 0 radical (unpaired) electrons. The van der Waals surface area contributed by atoms with Crippen molar-refractivity contribution in [3.63, 3.8) is 0 Å². The molecule has 0 bridgehead atoms. The number of hydrogen-bond acceptors (Lipinski definition) is 8. The molecule has 3 rings (SSSR count). The van der Waals surface area contributed by atoms with E-state index in [-0.39, 0.29) is 42.4 Å². The normalized spacial score (nSPS) is 15.2. The van der Waals surface area contributed by atoms with Crippen LogP contribution in [0.4, 0.5) is 5.13 Å². The van der Waals surface area contributed by atoms with Gasteiger partial charge < -0.3 is 9.47 Å². The summed E-state index contributed by atoms with van der Waals surface area (Å²) in [6.45, 7) is 6.76. The van der Waals surface area contributed by atoms with E-state index < -0.39 is 10.0 Å². The Morgan fingerprint density at radius 3 is 2.42 bits per heavy atom. The number of carbonyl (C=O) groups excluding carboxylic acids is 2. The first kappa shape index (κ1) is 25.1. The summed E-state index contributed by atoms with van der Waals surface area (Å²) in [7, 11) is -3.63. The summed E-state index contributed by atoms with van der Waals surface area (Å²) in [5, 5.41) is 2.34. The first-order valence-electron chi connectivity index (χ1n) is 10.9. The number of esters is 1. The van der Waals surface area contributed by atoms with Crippen molar-refractivity contribution < 1.29 is 27.5 Å². The highest BCUT2D eigenvalue weighted by Crippen LogP contribution is 2.27. The number of ether oxygens (including phenoxy) is 2. The van der Waals surface area contributed by atoms with Crippen molar-refractivity contribution in [2.45, 2.75) is 45.1 Å². The fourth-order valence-corrected chi connectivity index (χ4v) is 5.98. The molecule has 1 amide bonds. The third-order valence-corrected chi connectivity index (χ3v) is 8.21. The average molecular weight is 496 g/mol. The lowest BCUT2D eigenvalue weighted by atomic mass is 9.98. The van der Waals surface area contributed by atoms with Crippen LogP contribution in [-0.2, 0) is 31.0 Å². The number of piperidine rings is 1. The summed E-state index contributed by atoms with van der Waals surface area (Å²) < 4.78 is 38.0. The maximum atomic E-state index is 12.9. The Hall–Kier alpha value is -2.50. The minimum absolute atomic E-state index is 0.0233. The second-order valence-electron chi connectivity index (χ2n) is 7.58. The molecule has 1 aliphatic heterocycles. The number of thiazole rings is 1. The fourth-order valence-electron chi connectivity index (χ4n) is 3.60. The Morgan fingerprint density at radius 1 is 1.18 bits per heavy atom. The van der Waals surface area contributed by atoms with Crippen molar-refractivity contribution >= 4 is 38.4 Å². The Kier molecular flexibility index (Phi) is 8.44. The van der Waals surface area contributed by atoms with Crippen LogP contribution in [0.1, 0.15) is 39.3 Å². The van der Waals surface area contributed by atoms with Gasteiger partial charge in [-0.05, 0) is 51.0 Å². The lowest BCUT2D eigenvalue weighted by molar-refractivity contribution is -0.151. The van der Waals surface area contributed by atoms with Gasteiger partial charge in [0.2, 0.25) is 15.9 Å². The highest BCUT2D eigenvalue weighted by Gasteiger charge is 2.33. The van der Waals surface area contributed by atoms with Gasteiger partial charge >= 0.3 is 5.97 Å². The lowest BCUT2D eigenvalue weighted by Gasteiger charge is -2.30. The van der Waals surface area contributed by atoms with Crippen molar-refractivity contribution in [2.24, 2.45) is 5.92 Å². The van der Waals surface area contributed by atoms with Crippen LogP contribution in [0.15, 0.2) is 34.5 Å². The molecule has 0 spiro atoms. The van der Waals surface area contributed by atoms with Crippen molar-refractivity contribution in [3.8, 4) is 5.75 Å². The second-order valence-corrected chi connectivity index (χ2v) is 10.3. The first-order valence-corrected chi connectivity index (χ1v) is 13.2. The van der Waals surface area contributed by atoms with Crippen molar-refractivity contribution in [1.29, 1.82) is 0 Å².